The first-order valence-corrected chi connectivity index (χ1v) is 9.38. The molecule has 0 aliphatic carbocycles. The van der Waals surface area contributed by atoms with E-state index in [2.05, 4.69) is 14.9 Å². The van der Waals surface area contributed by atoms with Gasteiger partial charge in [-0.2, -0.15) is 0 Å². The van der Waals surface area contributed by atoms with Gasteiger partial charge in [0.2, 0.25) is 15.9 Å². The van der Waals surface area contributed by atoms with Gasteiger partial charge in [-0.3, -0.25) is 9.69 Å². The monoisotopic (exact) mass is 339 g/mol. The Balaban J connectivity index is 1.92. The molecule has 2 N–H and O–H groups in total. The smallest absolute Gasteiger partial charge is 0.240 e. The maximum atomic E-state index is 11.7. The number of nitrogens with zero attached hydrogens (tertiary/aromatic N) is 1. The van der Waals surface area contributed by atoms with Gasteiger partial charge in [-0.15, -0.1) is 0 Å². The van der Waals surface area contributed by atoms with E-state index in [1.807, 2.05) is 12.1 Å². The van der Waals surface area contributed by atoms with Crippen LogP contribution in [0.1, 0.15) is 25.3 Å². The van der Waals surface area contributed by atoms with Crippen molar-refractivity contribution < 1.29 is 13.2 Å². The van der Waals surface area contributed by atoms with Gasteiger partial charge < -0.3 is 5.32 Å². The third-order valence-electron chi connectivity index (χ3n) is 4.15. The molecule has 1 fully saturated rings. The van der Waals surface area contributed by atoms with E-state index < -0.39 is 10.0 Å². The van der Waals surface area contributed by atoms with Crippen molar-refractivity contribution in [3.8, 4) is 0 Å². The molecule has 0 unspecified atom stereocenters. The molecule has 7 heteroatoms. The van der Waals surface area contributed by atoms with Crippen molar-refractivity contribution in [3.63, 3.8) is 0 Å². The molecule has 1 aromatic rings. The Morgan fingerprint density at radius 2 is 2.00 bits per heavy atom. The van der Waals surface area contributed by atoms with Crippen molar-refractivity contribution in [1.82, 2.24) is 14.9 Å². The van der Waals surface area contributed by atoms with Crippen LogP contribution in [0.15, 0.2) is 29.2 Å². The molecule has 1 amide bonds. The predicted molar refractivity (Wildman–Crippen MR) is 89.4 cm³/mol. The topological polar surface area (TPSA) is 78.5 Å². The average Bonchev–Trinajstić information content (AvgIpc) is 2.54. The number of carbonyl (C=O) groups is 1. The van der Waals surface area contributed by atoms with Crippen LogP contribution >= 0.6 is 0 Å². The Morgan fingerprint density at radius 1 is 1.30 bits per heavy atom. The minimum atomic E-state index is -3.38. The van der Waals surface area contributed by atoms with Crippen molar-refractivity contribution in [1.29, 1.82) is 0 Å². The van der Waals surface area contributed by atoms with E-state index in [0.717, 1.165) is 44.6 Å². The second kappa shape index (κ2) is 7.90. The lowest BCUT2D eigenvalue weighted by Gasteiger charge is -2.32. The van der Waals surface area contributed by atoms with E-state index >= 15 is 0 Å². The van der Waals surface area contributed by atoms with E-state index in [4.69, 9.17) is 0 Å². The zero-order valence-electron chi connectivity index (χ0n) is 13.7. The molecule has 0 spiro atoms. The number of hydrogen-bond donors (Lipinski definition) is 2. The van der Waals surface area contributed by atoms with Gasteiger partial charge in [-0.05, 0) is 50.0 Å². The minimum absolute atomic E-state index is 0.0171. The Labute approximate surface area is 138 Å². The third-order valence-corrected chi connectivity index (χ3v) is 5.58. The van der Waals surface area contributed by atoms with Gasteiger partial charge in [-0.25, -0.2) is 13.1 Å². The van der Waals surface area contributed by atoms with Crippen molar-refractivity contribution in [2.45, 2.75) is 31.2 Å². The molecule has 1 aliphatic heterocycles. The van der Waals surface area contributed by atoms with Gasteiger partial charge in [0.05, 0.1) is 4.90 Å². The molecule has 1 aromatic carbocycles. The summed E-state index contributed by atoms with van der Waals surface area (Å²) in [6, 6.07) is 7.00. The average molecular weight is 339 g/mol. The summed E-state index contributed by atoms with van der Waals surface area (Å²) in [7, 11) is -1.97. The molecule has 0 radical (unpaired) electrons. The number of sulfonamides is 1. The molecule has 6 nitrogen and oxygen atoms in total. The number of likely N-dealkylation sites (tertiary alicyclic amines) is 1. The Bertz CT molecular complexity index is 628. The van der Waals surface area contributed by atoms with Gasteiger partial charge in [0.25, 0.3) is 0 Å². The number of amides is 1. The summed E-state index contributed by atoms with van der Waals surface area (Å²) in [6.45, 7) is 5.06. The molecule has 1 aliphatic rings. The molecule has 0 aromatic heterocycles. The summed E-state index contributed by atoms with van der Waals surface area (Å²) >= 11 is 0. The number of rotatable bonds is 6. The van der Waals surface area contributed by atoms with Crippen LogP contribution in [0.5, 0.6) is 0 Å². The van der Waals surface area contributed by atoms with Crippen LogP contribution < -0.4 is 10.0 Å². The van der Waals surface area contributed by atoms with Crippen LogP contribution in [0, 0.1) is 5.92 Å². The second-order valence-electron chi connectivity index (χ2n) is 6.03. The zero-order valence-corrected chi connectivity index (χ0v) is 14.5. The first-order valence-electron chi connectivity index (χ1n) is 7.90. The molecule has 1 heterocycles. The van der Waals surface area contributed by atoms with Gasteiger partial charge in [0, 0.05) is 26.6 Å². The molecule has 1 saturated heterocycles. The van der Waals surface area contributed by atoms with Crippen LogP contribution in [0.2, 0.25) is 0 Å². The third kappa shape index (κ3) is 5.30. The zero-order chi connectivity index (χ0) is 16.9. The normalized spacial score (nSPS) is 19.5. The lowest BCUT2D eigenvalue weighted by Crippen LogP contribution is -2.40. The molecule has 0 saturated carbocycles. The largest absolute Gasteiger partial charge is 0.356 e. The summed E-state index contributed by atoms with van der Waals surface area (Å²) in [5, 5.41) is 2.89. The van der Waals surface area contributed by atoms with E-state index in [1.54, 1.807) is 19.1 Å². The number of benzene rings is 1. The predicted octanol–water partition coefficient (Wildman–Crippen LogP) is 0.943. The highest BCUT2D eigenvalue weighted by Gasteiger charge is 2.20. The van der Waals surface area contributed by atoms with Crippen molar-refractivity contribution in [3.05, 3.63) is 29.8 Å². The molecular weight excluding hydrogens is 314 g/mol. The Kier molecular flexibility index (Phi) is 6.15. The minimum Gasteiger partial charge on any atom is -0.356 e. The second-order valence-corrected chi connectivity index (χ2v) is 7.92. The van der Waals surface area contributed by atoms with E-state index in [-0.39, 0.29) is 10.8 Å². The standard InChI is InChI=1S/C16H25N3O3S/c1-13(20)18-10-15-4-3-9-19(12-15)11-14-5-7-16(8-6-14)23(21,22)17-2/h5-8,15,17H,3-4,9-12H2,1-2H3,(H,18,20)/t15-/m1/s1. The molecular formula is C16H25N3O3S. The van der Waals surface area contributed by atoms with Gasteiger partial charge in [-0.1, -0.05) is 12.1 Å². The van der Waals surface area contributed by atoms with E-state index in [9.17, 15) is 13.2 Å². The molecule has 128 valence electrons. The number of nitrogens with one attached hydrogen (secondary N) is 2. The SMILES string of the molecule is CNS(=O)(=O)c1ccc(CN2CCC[C@H](CNC(C)=O)C2)cc1. The number of carbonyl (C=O) groups excluding carboxylic acids is 1. The van der Waals surface area contributed by atoms with Crippen LogP contribution in [0.3, 0.4) is 0 Å². The highest BCUT2D eigenvalue weighted by atomic mass is 32.2. The maximum Gasteiger partial charge on any atom is 0.240 e. The first kappa shape index (κ1) is 17.9. The fraction of sp³-hybridized carbons (Fsp3) is 0.562. The van der Waals surface area contributed by atoms with Crippen LogP contribution in [-0.4, -0.2) is 45.9 Å². The molecule has 0 bridgehead atoms. The molecule has 23 heavy (non-hydrogen) atoms. The van der Waals surface area contributed by atoms with Gasteiger partial charge in [0.15, 0.2) is 0 Å². The van der Waals surface area contributed by atoms with E-state index in [0.29, 0.717) is 5.92 Å². The summed E-state index contributed by atoms with van der Waals surface area (Å²) in [4.78, 5) is 13.7. The van der Waals surface area contributed by atoms with Gasteiger partial charge in [0.1, 0.15) is 0 Å². The van der Waals surface area contributed by atoms with Crippen LogP contribution in [0.25, 0.3) is 0 Å². The Hall–Kier alpha value is -1.44. The van der Waals surface area contributed by atoms with Gasteiger partial charge >= 0.3 is 0 Å². The quantitative estimate of drug-likeness (QED) is 0.809. The molecule has 2 rings (SSSR count). The summed E-state index contributed by atoms with van der Waals surface area (Å²) in [5.41, 5.74) is 1.10. The van der Waals surface area contributed by atoms with Crippen LogP contribution in [-0.2, 0) is 21.4 Å². The molecule has 1 atom stereocenters. The number of piperidine rings is 1. The highest BCUT2D eigenvalue weighted by Crippen LogP contribution is 2.19. The maximum absolute atomic E-state index is 11.7. The van der Waals surface area contributed by atoms with Crippen molar-refractivity contribution in [2.24, 2.45) is 5.92 Å². The summed E-state index contributed by atoms with van der Waals surface area (Å²) in [5.74, 6) is 0.500. The van der Waals surface area contributed by atoms with Crippen molar-refractivity contribution in [2.75, 3.05) is 26.7 Å². The van der Waals surface area contributed by atoms with Crippen molar-refractivity contribution >= 4 is 15.9 Å². The summed E-state index contributed by atoms with van der Waals surface area (Å²) < 4.78 is 25.7. The number of hydrogen-bond acceptors (Lipinski definition) is 4. The Morgan fingerprint density at radius 3 is 2.61 bits per heavy atom. The fourth-order valence-corrected chi connectivity index (χ4v) is 3.63. The first-order chi connectivity index (χ1) is 10.9. The van der Waals surface area contributed by atoms with E-state index in [1.165, 1.54) is 7.05 Å². The van der Waals surface area contributed by atoms with Crippen LogP contribution in [0.4, 0.5) is 0 Å². The lowest BCUT2D eigenvalue weighted by molar-refractivity contribution is -0.119. The summed E-state index contributed by atoms with van der Waals surface area (Å²) in [6.07, 6.45) is 2.26. The fourth-order valence-electron chi connectivity index (χ4n) is 2.90. The lowest BCUT2D eigenvalue weighted by atomic mass is 9.97. The highest BCUT2D eigenvalue weighted by molar-refractivity contribution is 7.89.